The van der Waals surface area contributed by atoms with Crippen LogP contribution in [0.15, 0.2) is 35.7 Å². The number of carbonyl (C=O) groups is 1. The molecule has 1 aromatic heterocycles. The molecule has 0 bridgehead atoms. The van der Waals surface area contributed by atoms with E-state index in [1.54, 1.807) is 18.4 Å². The van der Waals surface area contributed by atoms with Gasteiger partial charge in [0.15, 0.2) is 0 Å². The molecule has 164 valence electrons. The molecule has 6 nitrogen and oxygen atoms in total. The molecule has 3 rings (SSSR count). The maximum atomic E-state index is 13.2. The second kappa shape index (κ2) is 10.9. The Morgan fingerprint density at radius 3 is 2.90 bits per heavy atom. The lowest BCUT2D eigenvalue weighted by Gasteiger charge is -2.37. The Morgan fingerprint density at radius 1 is 1.37 bits per heavy atom. The van der Waals surface area contributed by atoms with E-state index in [9.17, 15) is 9.90 Å². The fraction of sp³-hybridized carbons (Fsp3) is 0.522. The van der Waals surface area contributed by atoms with Gasteiger partial charge in [-0.3, -0.25) is 9.69 Å². The van der Waals surface area contributed by atoms with Gasteiger partial charge in [-0.2, -0.15) is 0 Å². The number of aryl methyl sites for hydroxylation is 1. The van der Waals surface area contributed by atoms with Crippen molar-refractivity contribution in [3.63, 3.8) is 0 Å². The number of ether oxygens (including phenoxy) is 2. The van der Waals surface area contributed by atoms with Gasteiger partial charge in [-0.05, 0) is 48.5 Å². The summed E-state index contributed by atoms with van der Waals surface area (Å²) in [6.45, 7) is 6.78. The summed E-state index contributed by atoms with van der Waals surface area (Å²) in [5.74, 6) is 0.918. The highest BCUT2D eigenvalue weighted by Crippen LogP contribution is 2.34. The Morgan fingerprint density at radius 2 is 2.17 bits per heavy atom. The second-order valence-corrected chi connectivity index (χ2v) is 8.67. The van der Waals surface area contributed by atoms with Gasteiger partial charge in [-0.1, -0.05) is 25.1 Å². The third-order valence-corrected chi connectivity index (χ3v) is 6.54. The van der Waals surface area contributed by atoms with Gasteiger partial charge in [-0.25, -0.2) is 0 Å². The number of rotatable bonds is 10. The lowest BCUT2D eigenvalue weighted by molar-refractivity contribution is -0.136. The number of thiophene rings is 1. The molecule has 1 aliphatic rings. The fourth-order valence-electron chi connectivity index (χ4n) is 3.89. The quantitative estimate of drug-likeness (QED) is 0.626. The summed E-state index contributed by atoms with van der Waals surface area (Å²) >= 11 is 1.75. The first-order chi connectivity index (χ1) is 14.5. The smallest absolute Gasteiger partial charge is 0.237 e. The van der Waals surface area contributed by atoms with E-state index in [4.69, 9.17) is 9.47 Å². The maximum Gasteiger partial charge on any atom is 0.237 e. The molecule has 2 atom stereocenters. The molecule has 1 amide bonds. The number of aliphatic hydroxyl groups is 1. The Kier molecular flexibility index (Phi) is 8.27. The van der Waals surface area contributed by atoms with Gasteiger partial charge >= 0.3 is 0 Å². The Balaban J connectivity index is 1.71. The number of amides is 1. The van der Waals surface area contributed by atoms with E-state index in [0.29, 0.717) is 26.2 Å². The molecule has 0 spiro atoms. The maximum absolute atomic E-state index is 13.2. The van der Waals surface area contributed by atoms with Gasteiger partial charge in [0.05, 0.1) is 25.3 Å². The fourth-order valence-corrected chi connectivity index (χ4v) is 4.82. The topological polar surface area (TPSA) is 62.2 Å². The van der Waals surface area contributed by atoms with Crippen LogP contribution < -0.4 is 4.74 Å². The predicted molar refractivity (Wildman–Crippen MR) is 119 cm³/mol. The normalized spacial score (nSPS) is 17.1. The molecule has 0 fully saturated rings. The van der Waals surface area contributed by atoms with Crippen LogP contribution in [0.2, 0.25) is 0 Å². The average molecular weight is 433 g/mol. The number of methoxy groups -OCH3 is 1. The minimum Gasteiger partial charge on any atom is -0.491 e. The zero-order valence-electron chi connectivity index (χ0n) is 18.0. The van der Waals surface area contributed by atoms with Crippen LogP contribution in [0.1, 0.15) is 29.0 Å². The van der Waals surface area contributed by atoms with Crippen LogP contribution in [0.3, 0.4) is 0 Å². The SMILES string of the molecule is CCN(CC(=O)N1CCc2sccc2[C@H]1COc1ccccc1C)C[C@H](O)COC. The average Bonchev–Trinajstić information content (AvgIpc) is 3.21. The molecule has 0 saturated heterocycles. The van der Waals surface area contributed by atoms with Gasteiger partial charge in [0.1, 0.15) is 12.4 Å². The summed E-state index contributed by atoms with van der Waals surface area (Å²) < 4.78 is 11.2. The summed E-state index contributed by atoms with van der Waals surface area (Å²) in [7, 11) is 1.57. The van der Waals surface area contributed by atoms with Crippen molar-refractivity contribution in [3.05, 3.63) is 51.7 Å². The monoisotopic (exact) mass is 432 g/mol. The van der Waals surface area contributed by atoms with Gasteiger partial charge in [-0.15, -0.1) is 11.3 Å². The lowest BCUT2D eigenvalue weighted by atomic mass is 10.0. The summed E-state index contributed by atoms with van der Waals surface area (Å²) in [6, 6.07) is 9.97. The van der Waals surface area contributed by atoms with E-state index in [2.05, 4.69) is 11.4 Å². The number of hydrogen-bond acceptors (Lipinski definition) is 6. The van der Waals surface area contributed by atoms with Crippen LogP contribution in [0.4, 0.5) is 0 Å². The number of nitrogens with zero attached hydrogens (tertiary/aromatic N) is 2. The Bertz CT molecular complexity index is 825. The number of benzene rings is 1. The molecule has 1 aliphatic heterocycles. The third-order valence-electron chi connectivity index (χ3n) is 5.54. The number of likely N-dealkylation sites (N-methyl/N-ethyl adjacent to an activating group) is 1. The van der Waals surface area contributed by atoms with E-state index in [-0.39, 0.29) is 25.1 Å². The molecule has 30 heavy (non-hydrogen) atoms. The molecule has 2 heterocycles. The molecule has 0 radical (unpaired) electrons. The summed E-state index contributed by atoms with van der Waals surface area (Å²) in [6.07, 6.45) is 0.269. The van der Waals surface area contributed by atoms with Crippen molar-refractivity contribution in [2.45, 2.75) is 32.4 Å². The lowest BCUT2D eigenvalue weighted by Crippen LogP contribution is -2.48. The molecule has 0 unspecified atom stereocenters. The van der Waals surface area contributed by atoms with E-state index in [1.807, 2.05) is 47.9 Å². The van der Waals surface area contributed by atoms with Crippen molar-refractivity contribution in [2.24, 2.45) is 0 Å². The first-order valence-corrected chi connectivity index (χ1v) is 11.3. The van der Waals surface area contributed by atoms with Crippen LogP contribution in [-0.2, 0) is 16.0 Å². The van der Waals surface area contributed by atoms with E-state index >= 15 is 0 Å². The summed E-state index contributed by atoms with van der Waals surface area (Å²) in [5, 5.41) is 12.2. The molecule has 7 heteroatoms. The Hall–Kier alpha value is -1.93. The van der Waals surface area contributed by atoms with Gasteiger partial charge in [0.2, 0.25) is 5.91 Å². The van der Waals surface area contributed by atoms with Crippen molar-refractivity contribution < 1.29 is 19.4 Å². The molecular formula is C23H32N2O4S. The number of aliphatic hydroxyl groups excluding tert-OH is 1. The molecule has 0 aliphatic carbocycles. The van der Waals surface area contributed by atoms with Crippen molar-refractivity contribution in [2.75, 3.05) is 46.5 Å². The largest absolute Gasteiger partial charge is 0.491 e. The molecule has 2 aromatic rings. The first-order valence-electron chi connectivity index (χ1n) is 10.5. The predicted octanol–water partition coefficient (Wildman–Crippen LogP) is 2.89. The highest BCUT2D eigenvalue weighted by molar-refractivity contribution is 7.10. The van der Waals surface area contributed by atoms with Gasteiger partial charge in [0, 0.05) is 25.1 Å². The Labute approximate surface area is 183 Å². The van der Waals surface area contributed by atoms with Crippen LogP contribution in [0.5, 0.6) is 5.75 Å². The highest BCUT2D eigenvalue weighted by Gasteiger charge is 2.33. The van der Waals surface area contributed by atoms with Gasteiger partial charge in [0.25, 0.3) is 0 Å². The van der Waals surface area contributed by atoms with Crippen LogP contribution in [0, 0.1) is 6.92 Å². The number of hydrogen-bond donors (Lipinski definition) is 1. The summed E-state index contributed by atoms with van der Waals surface area (Å²) in [5.41, 5.74) is 2.27. The third kappa shape index (κ3) is 5.60. The van der Waals surface area contributed by atoms with Crippen LogP contribution >= 0.6 is 11.3 Å². The van der Waals surface area contributed by atoms with Crippen LogP contribution in [-0.4, -0.2) is 73.4 Å². The van der Waals surface area contributed by atoms with Gasteiger partial charge < -0.3 is 19.5 Å². The van der Waals surface area contributed by atoms with Crippen molar-refractivity contribution >= 4 is 17.2 Å². The van der Waals surface area contributed by atoms with Crippen molar-refractivity contribution in [1.29, 1.82) is 0 Å². The standard InChI is InChI=1S/C23H32N2O4S/c1-4-24(13-18(26)15-28-3)14-23(27)25-11-9-22-19(10-12-30-22)20(25)16-29-21-8-6-5-7-17(21)2/h5-8,10,12,18,20,26H,4,9,11,13-16H2,1-3H3/t18-,20+/m0/s1. The second-order valence-electron chi connectivity index (χ2n) is 7.67. The zero-order chi connectivity index (χ0) is 21.5. The molecule has 1 N–H and O–H groups in total. The van der Waals surface area contributed by atoms with Crippen molar-refractivity contribution in [1.82, 2.24) is 9.80 Å². The molecule has 1 aromatic carbocycles. The minimum absolute atomic E-state index is 0.0664. The first kappa shape index (κ1) is 22.7. The highest BCUT2D eigenvalue weighted by atomic mass is 32.1. The van der Waals surface area contributed by atoms with E-state index < -0.39 is 6.10 Å². The number of fused-ring (bicyclic) bond motifs is 1. The van der Waals surface area contributed by atoms with E-state index in [0.717, 1.165) is 17.7 Å². The molecular weight excluding hydrogens is 400 g/mol. The van der Waals surface area contributed by atoms with Crippen molar-refractivity contribution in [3.8, 4) is 5.75 Å². The number of para-hydroxylation sites is 1. The zero-order valence-corrected chi connectivity index (χ0v) is 18.9. The summed E-state index contributed by atoms with van der Waals surface area (Å²) in [4.78, 5) is 18.5. The minimum atomic E-state index is -0.604. The van der Waals surface area contributed by atoms with E-state index in [1.165, 1.54) is 10.4 Å². The van der Waals surface area contributed by atoms with Crippen LogP contribution in [0.25, 0.3) is 0 Å². The number of carbonyl (C=O) groups excluding carboxylic acids is 1. The molecule has 0 saturated carbocycles.